The number of aryl methyl sites for hydroxylation is 1. The van der Waals surface area contributed by atoms with E-state index in [0.29, 0.717) is 5.56 Å². The van der Waals surface area contributed by atoms with Gasteiger partial charge < -0.3 is 9.64 Å². The molecule has 0 aliphatic carbocycles. The van der Waals surface area contributed by atoms with E-state index in [0.717, 1.165) is 36.1 Å². The van der Waals surface area contributed by atoms with E-state index in [4.69, 9.17) is 4.74 Å². The molecule has 24 heavy (non-hydrogen) atoms. The molecule has 1 unspecified atom stereocenters. The molecule has 2 aromatic rings. The maximum atomic E-state index is 12.6. The van der Waals surface area contributed by atoms with E-state index < -0.39 is 5.60 Å². The Labute approximate surface area is 150 Å². The lowest BCUT2D eigenvalue weighted by atomic mass is 9.80. The third kappa shape index (κ3) is 3.63. The van der Waals surface area contributed by atoms with Crippen molar-refractivity contribution in [2.24, 2.45) is 0 Å². The lowest BCUT2D eigenvalue weighted by Gasteiger charge is -2.39. The minimum Gasteiger partial charge on any atom is -0.450 e. The normalized spacial score (nSPS) is 19.4. The molecule has 0 spiro atoms. The van der Waals surface area contributed by atoms with Crippen LogP contribution in [0.3, 0.4) is 0 Å². The van der Waals surface area contributed by atoms with Gasteiger partial charge in [0.1, 0.15) is 5.60 Å². The highest BCUT2D eigenvalue weighted by atomic mass is 35.5. The molecule has 0 fully saturated rings. The monoisotopic (exact) mass is 345 g/mol. The number of halogens is 1. The second-order valence-corrected chi connectivity index (χ2v) is 6.64. The van der Waals surface area contributed by atoms with E-state index in [1.54, 1.807) is 0 Å². The van der Waals surface area contributed by atoms with Crippen molar-refractivity contribution >= 4 is 18.4 Å². The standard InChI is InChI=1S/C20H23NO2.ClH/c1-15-9-10-16-14-20(11-12-21(2)3,17-7-5-4-6-8-17)23-19(22)18(16)13-15;/h4-10,13H,11-12,14H2,1-3H3;1H. The molecule has 128 valence electrons. The zero-order valence-electron chi connectivity index (χ0n) is 14.4. The Morgan fingerprint density at radius 3 is 2.50 bits per heavy atom. The quantitative estimate of drug-likeness (QED) is 0.785. The van der Waals surface area contributed by atoms with Crippen LogP contribution in [-0.2, 0) is 16.8 Å². The van der Waals surface area contributed by atoms with Crippen LogP contribution in [-0.4, -0.2) is 31.5 Å². The number of cyclic esters (lactones) is 1. The summed E-state index contributed by atoms with van der Waals surface area (Å²) in [6, 6.07) is 16.2. The minimum absolute atomic E-state index is 0. The van der Waals surface area contributed by atoms with Gasteiger partial charge in [0.25, 0.3) is 0 Å². The van der Waals surface area contributed by atoms with Gasteiger partial charge in [0.05, 0.1) is 5.56 Å². The highest BCUT2D eigenvalue weighted by Gasteiger charge is 2.41. The number of carbonyl (C=O) groups is 1. The lowest BCUT2D eigenvalue weighted by molar-refractivity contribution is -0.0355. The van der Waals surface area contributed by atoms with Crippen LogP contribution >= 0.6 is 12.4 Å². The molecule has 0 saturated carbocycles. The predicted molar refractivity (Wildman–Crippen MR) is 98.8 cm³/mol. The highest BCUT2D eigenvalue weighted by molar-refractivity contribution is 5.93. The topological polar surface area (TPSA) is 29.5 Å². The van der Waals surface area contributed by atoms with Gasteiger partial charge in [0.15, 0.2) is 0 Å². The van der Waals surface area contributed by atoms with Crippen molar-refractivity contribution in [2.45, 2.75) is 25.4 Å². The molecule has 1 aliphatic rings. The molecule has 1 aliphatic heterocycles. The number of ether oxygens (including phenoxy) is 1. The fourth-order valence-corrected chi connectivity index (χ4v) is 3.20. The zero-order valence-corrected chi connectivity index (χ0v) is 15.2. The zero-order chi connectivity index (χ0) is 16.4. The molecule has 0 amide bonds. The maximum Gasteiger partial charge on any atom is 0.339 e. The van der Waals surface area contributed by atoms with Gasteiger partial charge in [-0.05, 0) is 38.2 Å². The first kappa shape index (κ1) is 18.5. The second-order valence-electron chi connectivity index (χ2n) is 6.64. The summed E-state index contributed by atoms with van der Waals surface area (Å²) in [5.74, 6) is -0.211. The maximum absolute atomic E-state index is 12.6. The lowest BCUT2D eigenvalue weighted by Crippen LogP contribution is -2.41. The van der Waals surface area contributed by atoms with Gasteiger partial charge in [-0.2, -0.15) is 0 Å². The van der Waals surface area contributed by atoms with Crippen molar-refractivity contribution < 1.29 is 9.53 Å². The first-order chi connectivity index (χ1) is 11.0. The largest absolute Gasteiger partial charge is 0.450 e. The van der Waals surface area contributed by atoms with Crippen LogP contribution in [0.1, 0.15) is 33.5 Å². The third-order valence-electron chi connectivity index (χ3n) is 4.51. The first-order valence-electron chi connectivity index (χ1n) is 8.03. The van der Waals surface area contributed by atoms with E-state index in [-0.39, 0.29) is 18.4 Å². The van der Waals surface area contributed by atoms with Crippen molar-refractivity contribution in [3.63, 3.8) is 0 Å². The van der Waals surface area contributed by atoms with Crippen molar-refractivity contribution in [3.8, 4) is 0 Å². The van der Waals surface area contributed by atoms with Crippen LogP contribution in [0, 0.1) is 6.92 Å². The summed E-state index contributed by atoms with van der Waals surface area (Å²) in [6.45, 7) is 2.86. The molecular weight excluding hydrogens is 322 g/mol. The smallest absolute Gasteiger partial charge is 0.339 e. The van der Waals surface area contributed by atoms with Crippen molar-refractivity contribution in [1.82, 2.24) is 4.90 Å². The molecule has 2 aromatic carbocycles. The van der Waals surface area contributed by atoms with Crippen molar-refractivity contribution in [3.05, 3.63) is 70.8 Å². The molecule has 0 aromatic heterocycles. The predicted octanol–water partition coefficient (Wildman–Crippen LogP) is 3.98. The molecule has 1 heterocycles. The van der Waals surface area contributed by atoms with Crippen LogP contribution < -0.4 is 0 Å². The highest BCUT2D eigenvalue weighted by Crippen LogP contribution is 2.39. The van der Waals surface area contributed by atoms with Crippen molar-refractivity contribution in [1.29, 1.82) is 0 Å². The SMILES string of the molecule is Cc1ccc2c(c1)C(=O)OC(CCN(C)C)(c1ccccc1)C2.Cl. The second kappa shape index (κ2) is 7.37. The first-order valence-corrected chi connectivity index (χ1v) is 8.03. The Bertz CT molecular complexity index is 715. The number of esters is 1. The fraction of sp³-hybridized carbons (Fsp3) is 0.350. The molecule has 0 N–H and O–H groups in total. The van der Waals surface area contributed by atoms with Gasteiger partial charge in [-0.3, -0.25) is 0 Å². The molecule has 0 radical (unpaired) electrons. The number of carbonyl (C=O) groups excluding carboxylic acids is 1. The fourth-order valence-electron chi connectivity index (χ4n) is 3.20. The number of benzene rings is 2. The Balaban J connectivity index is 0.00000208. The third-order valence-corrected chi connectivity index (χ3v) is 4.51. The number of hydrogen-bond donors (Lipinski definition) is 0. The number of nitrogens with zero attached hydrogens (tertiary/aromatic N) is 1. The average Bonchev–Trinajstić information content (AvgIpc) is 2.54. The Kier molecular flexibility index (Phi) is 5.68. The van der Waals surface area contributed by atoms with Gasteiger partial charge in [0, 0.05) is 19.4 Å². The molecule has 4 heteroatoms. The van der Waals surface area contributed by atoms with E-state index in [1.807, 2.05) is 45.3 Å². The summed E-state index contributed by atoms with van der Waals surface area (Å²) in [4.78, 5) is 14.8. The molecule has 3 nitrogen and oxygen atoms in total. The van der Waals surface area contributed by atoms with Gasteiger partial charge in [-0.15, -0.1) is 12.4 Å². The number of rotatable bonds is 4. The van der Waals surface area contributed by atoms with E-state index in [2.05, 4.69) is 29.2 Å². The van der Waals surface area contributed by atoms with Crippen LogP contribution in [0.25, 0.3) is 0 Å². The minimum atomic E-state index is -0.579. The number of fused-ring (bicyclic) bond motifs is 1. The molecule has 3 rings (SSSR count). The van der Waals surface area contributed by atoms with E-state index in [1.165, 1.54) is 0 Å². The van der Waals surface area contributed by atoms with Crippen LogP contribution in [0.5, 0.6) is 0 Å². The molecule has 0 saturated heterocycles. The molecule has 0 bridgehead atoms. The van der Waals surface area contributed by atoms with Gasteiger partial charge in [-0.1, -0.05) is 48.0 Å². The summed E-state index contributed by atoms with van der Waals surface area (Å²) in [5, 5.41) is 0. The summed E-state index contributed by atoms with van der Waals surface area (Å²) in [6.07, 6.45) is 1.51. The summed E-state index contributed by atoms with van der Waals surface area (Å²) in [5.41, 5.74) is 3.36. The Morgan fingerprint density at radius 2 is 1.83 bits per heavy atom. The average molecular weight is 346 g/mol. The van der Waals surface area contributed by atoms with Crippen LogP contribution in [0.2, 0.25) is 0 Å². The van der Waals surface area contributed by atoms with Crippen molar-refractivity contribution in [2.75, 3.05) is 20.6 Å². The van der Waals surface area contributed by atoms with Crippen LogP contribution in [0.15, 0.2) is 48.5 Å². The summed E-state index contributed by atoms with van der Waals surface area (Å²) >= 11 is 0. The van der Waals surface area contributed by atoms with Gasteiger partial charge in [0.2, 0.25) is 0 Å². The number of hydrogen-bond acceptors (Lipinski definition) is 3. The summed E-state index contributed by atoms with van der Waals surface area (Å²) in [7, 11) is 4.08. The Hall–Kier alpha value is -1.84. The van der Waals surface area contributed by atoms with E-state index >= 15 is 0 Å². The summed E-state index contributed by atoms with van der Waals surface area (Å²) < 4.78 is 6.03. The van der Waals surface area contributed by atoms with E-state index in [9.17, 15) is 4.79 Å². The Morgan fingerprint density at radius 1 is 1.12 bits per heavy atom. The molecular formula is C20H24ClNO2. The van der Waals surface area contributed by atoms with Crippen LogP contribution in [0.4, 0.5) is 0 Å². The van der Waals surface area contributed by atoms with Gasteiger partial charge >= 0.3 is 5.97 Å². The molecule has 1 atom stereocenters. The van der Waals surface area contributed by atoms with Gasteiger partial charge in [-0.25, -0.2) is 4.79 Å².